The maximum Gasteiger partial charge on any atom is 0.248 e. The zero-order valence-corrected chi connectivity index (χ0v) is 18.6. The average molecular weight is 403 g/mol. The number of hydrogen-bond donors (Lipinski definition) is 1. The summed E-state index contributed by atoms with van der Waals surface area (Å²) in [6.07, 6.45) is 1.50. The number of hydrogen-bond acceptors (Lipinski definition) is 3. The zero-order chi connectivity index (χ0) is 21.2. The summed E-state index contributed by atoms with van der Waals surface area (Å²) in [7, 11) is -3.66. The van der Waals surface area contributed by atoms with Gasteiger partial charge in [-0.25, -0.2) is 8.42 Å². The van der Waals surface area contributed by atoms with Crippen LogP contribution in [0.5, 0.6) is 0 Å². The molecule has 2 aromatic rings. The van der Waals surface area contributed by atoms with E-state index in [4.69, 9.17) is 0 Å². The summed E-state index contributed by atoms with van der Waals surface area (Å²) in [5.41, 5.74) is 6.06. The fraction of sp³-hybridized carbons (Fsp3) is 0.409. The van der Waals surface area contributed by atoms with E-state index in [0.29, 0.717) is 12.1 Å². The van der Waals surface area contributed by atoms with Gasteiger partial charge in [0.2, 0.25) is 15.9 Å². The summed E-state index contributed by atoms with van der Waals surface area (Å²) in [6.45, 7) is 11.5. The van der Waals surface area contributed by atoms with E-state index in [9.17, 15) is 13.2 Å². The van der Waals surface area contributed by atoms with Gasteiger partial charge in [0.25, 0.3) is 0 Å². The van der Waals surface area contributed by atoms with Crippen LogP contribution < -0.4 is 9.62 Å². The number of carbonyl (C=O) groups is 1. The third-order valence-electron chi connectivity index (χ3n) is 4.86. The van der Waals surface area contributed by atoms with E-state index in [1.807, 2.05) is 71.9 Å². The first-order chi connectivity index (χ1) is 13.0. The minimum Gasteiger partial charge on any atom is -0.324 e. The van der Waals surface area contributed by atoms with E-state index >= 15 is 0 Å². The molecule has 0 unspecified atom stereocenters. The molecule has 0 saturated carbocycles. The first kappa shape index (κ1) is 22.0. The van der Waals surface area contributed by atoms with Gasteiger partial charge in [-0.2, -0.15) is 0 Å². The molecule has 0 aromatic heterocycles. The number of benzene rings is 2. The van der Waals surface area contributed by atoms with Crippen LogP contribution in [0.1, 0.15) is 41.2 Å². The third kappa shape index (κ3) is 4.73. The maximum absolute atomic E-state index is 13.2. The second-order valence-corrected chi connectivity index (χ2v) is 9.40. The first-order valence-corrected chi connectivity index (χ1v) is 11.3. The molecule has 0 saturated heterocycles. The average Bonchev–Trinajstić information content (AvgIpc) is 2.57. The van der Waals surface area contributed by atoms with E-state index < -0.39 is 16.1 Å². The summed E-state index contributed by atoms with van der Waals surface area (Å²) >= 11 is 0. The highest BCUT2D eigenvalue weighted by atomic mass is 32.2. The van der Waals surface area contributed by atoms with Gasteiger partial charge in [-0.15, -0.1) is 0 Å². The molecule has 0 spiro atoms. The molecule has 0 fully saturated rings. The number of anilines is 2. The largest absolute Gasteiger partial charge is 0.324 e. The smallest absolute Gasteiger partial charge is 0.248 e. The lowest BCUT2D eigenvalue weighted by Gasteiger charge is -2.31. The Morgan fingerprint density at radius 2 is 1.54 bits per heavy atom. The Kier molecular flexibility index (Phi) is 6.55. The van der Waals surface area contributed by atoms with Crippen LogP contribution in [0.25, 0.3) is 0 Å². The van der Waals surface area contributed by atoms with Crippen LogP contribution in [-0.2, 0) is 14.8 Å². The topological polar surface area (TPSA) is 66.5 Å². The molecule has 6 heteroatoms. The highest BCUT2D eigenvalue weighted by Crippen LogP contribution is 2.29. The van der Waals surface area contributed by atoms with Crippen molar-refractivity contribution >= 4 is 27.3 Å². The summed E-state index contributed by atoms with van der Waals surface area (Å²) in [6, 6.07) is 8.79. The lowest BCUT2D eigenvalue weighted by molar-refractivity contribution is -0.117. The predicted octanol–water partition coefficient (Wildman–Crippen LogP) is 4.41. The third-order valence-corrected chi connectivity index (χ3v) is 6.02. The maximum atomic E-state index is 13.2. The Labute approximate surface area is 168 Å². The van der Waals surface area contributed by atoms with Gasteiger partial charge in [0.15, 0.2) is 0 Å². The molecule has 2 aromatic carbocycles. The number of sulfonamides is 1. The van der Waals surface area contributed by atoms with Crippen molar-refractivity contribution in [2.75, 3.05) is 15.9 Å². The van der Waals surface area contributed by atoms with E-state index in [-0.39, 0.29) is 5.91 Å². The molecule has 1 atom stereocenters. The number of aryl methyl sites for hydroxylation is 5. The van der Waals surface area contributed by atoms with Crippen LogP contribution >= 0.6 is 0 Å². The SMILES string of the molecule is CC[C@@H](C(=O)Nc1c(C)cc(C)cc1C)N(c1cc(C)ccc1C)S(C)(=O)=O. The van der Waals surface area contributed by atoms with Crippen molar-refractivity contribution < 1.29 is 13.2 Å². The van der Waals surface area contributed by atoms with Gasteiger partial charge in [-0.1, -0.05) is 36.8 Å². The normalized spacial score (nSPS) is 12.5. The van der Waals surface area contributed by atoms with Gasteiger partial charge in [-0.3, -0.25) is 9.10 Å². The lowest BCUT2D eigenvalue weighted by atomic mass is 10.0. The molecule has 1 amide bonds. The van der Waals surface area contributed by atoms with Gasteiger partial charge >= 0.3 is 0 Å². The van der Waals surface area contributed by atoms with E-state index in [1.165, 1.54) is 4.31 Å². The van der Waals surface area contributed by atoms with E-state index in [2.05, 4.69) is 5.32 Å². The van der Waals surface area contributed by atoms with E-state index in [1.54, 1.807) is 0 Å². The van der Waals surface area contributed by atoms with Crippen molar-refractivity contribution in [3.8, 4) is 0 Å². The van der Waals surface area contributed by atoms with Gasteiger partial charge in [0.1, 0.15) is 6.04 Å². The lowest BCUT2D eigenvalue weighted by Crippen LogP contribution is -2.47. The Balaban J connectivity index is 2.50. The number of nitrogens with zero attached hydrogens (tertiary/aromatic N) is 1. The summed E-state index contributed by atoms with van der Waals surface area (Å²) < 4.78 is 26.6. The molecule has 0 bridgehead atoms. The summed E-state index contributed by atoms with van der Waals surface area (Å²) in [4.78, 5) is 13.2. The van der Waals surface area contributed by atoms with Crippen molar-refractivity contribution in [3.05, 3.63) is 58.1 Å². The molecular formula is C22H30N2O3S. The summed E-state index contributed by atoms with van der Waals surface area (Å²) in [5.74, 6) is -0.330. The minimum absolute atomic E-state index is 0.330. The zero-order valence-electron chi connectivity index (χ0n) is 17.8. The molecule has 0 heterocycles. The molecule has 28 heavy (non-hydrogen) atoms. The fourth-order valence-corrected chi connectivity index (χ4v) is 4.84. The van der Waals surface area contributed by atoms with Crippen LogP contribution in [0.3, 0.4) is 0 Å². The number of amides is 1. The number of rotatable bonds is 6. The van der Waals surface area contributed by atoms with Crippen molar-refractivity contribution in [1.29, 1.82) is 0 Å². The summed E-state index contributed by atoms with van der Waals surface area (Å²) in [5, 5.41) is 2.97. The van der Waals surface area contributed by atoms with Crippen molar-refractivity contribution in [2.24, 2.45) is 0 Å². The Hall–Kier alpha value is -2.34. The first-order valence-electron chi connectivity index (χ1n) is 9.41. The molecule has 2 rings (SSSR count). The second-order valence-electron chi connectivity index (χ2n) is 7.54. The highest BCUT2D eigenvalue weighted by Gasteiger charge is 2.32. The number of nitrogens with one attached hydrogen (secondary N) is 1. The monoisotopic (exact) mass is 402 g/mol. The molecule has 0 aliphatic heterocycles. The van der Waals surface area contributed by atoms with Crippen molar-refractivity contribution in [2.45, 2.75) is 54.0 Å². The van der Waals surface area contributed by atoms with Crippen molar-refractivity contribution in [1.82, 2.24) is 0 Å². The van der Waals surface area contributed by atoms with Gasteiger partial charge < -0.3 is 5.32 Å². The molecular weight excluding hydrogens is 372 g/mol. The van der Waals surface area contributed by atoms with Gasteiger partial charge in [-0.05, 0) is 69.4 Å². The van der Waals surface area contributed by atoms with Crippen LogP contribution in [0.4, 0.5) is 11.4 Å². The quantitative estimate of drug-likeness (QED) is 0.778. The molecule has 0 aliphatic rings. The predicted molar refractivity (Wildman–Crippen MR) is 117 cm³/mol. The molecule has 0 aliphatic carbocycles. The number of carbonyl (C=O) groups excluding carboxylic acids is 1. The van der Waals surface area contributed by atoms with Gasteiger partial charge in [0.05, 0.1) is 11.9 Å². The standard InChI is InChI=1S/C22H30N2O3S/c1-8-19(22(25)23-21-17(5)11-15(3)12-18(21)6)24(28(7,26)27)20-13-14(2)9-10-16(20)4/h9-13,19H,8H2,1-7H3,(H,23,25)/t19-/m0/s1. The fourth-order valence-electron chi connectivity index (χ4n) is 3.58. The van der Waals surface area contributed by atoms with Crippen LogP contribution in [0.15, 0.2) is 30.3 Å². The van der Waals surface area contributed by atoms with Gasteiger partial charge in [0, 0.05) is 5.69 Å². The highest BCUT2D eigenvalue weighted by molar-refractivity contribution is 7.92. The Morgan fingerprint density at radius 3 is 2.04 bits per heavy atom. The molecule has 0 radical (unpaired) electrons. The second kappa shape index (κ2) is 8.35. The van der Waals surface area contributed by atoms with Crippen molar-refractivity contribution in [3.63, 3.8) is 0 Å². The van der Waals surface area contributed by atoms with Crippen LogP contribution in [-0.4, -0.2) is 26.6 Å². The molecule has 1 N–H and O–H groups in total. The molecule has 5 nitrogen and oxygen atoms in total. The van der Waals surface area contributed by atoms with E-state index in [0.717, 1.165) is 39.8 Å². The Morgan fingerprint density at radius 1 is 0.964 bits per heavy atom. The molecule has 152 valence electrons. The minimum atomic E-state index is -3.66. The Bertz CT molecular complexity index is 974. The van der Waals surface area contributed by atoms with Crippen LogP contribution in [0.2, 0.25) is 0 Å². The van der Waals surface area contributed by atoms with Crippen LogP contribution in [0, 0.1) is 34.6 Å².